The van der Waals surface area contributed by atoms with Crippen LogP contribution in [0.25, 0.3) is 0 Å². The van der Waals surface area contributed by atoms with Gasteiger partial charge in [0.05, 0.1) is 10.6 Å². The fraction of sp³-hybridized carbons (Fsp3) is 0.417. The third kappa shape index (κ3) is 3.19. The molecule has 0 aliphatic rings. The smallest absolute Gasteiger partial charge is 0.255 e. The zero-order valence-electron chi connectivity index (χ0n) is 9.93. The largest absolute Gasteiger partial charge is 0.336 e. The van der Waals surface area contributed by atoms with Crippen LogP contribution in [0.15, 0.2) is 18.2 Å². The first kappa shape index (κ1) is 14.5. The van der Waals surface area contributed by atoms with E-state index >= 15 is 0 Å². The van der Waals surface area contributed by atoms with Crippen LogP contribution >= 0.6 is 27.5 Å². The van der Waals surface area contributed by atoms with E-state index in [0.717, 1.165) is 6.07 Å². The second kappa shape index (κ2) is 5.36. The Hall–Kier alpha value is -0.610. The van der Waals surface area contributed by atoms with Gasteiger partial charge >= 0.3 is 0 Å². The maximum atomic E-state index is 12.9. The number of carbonyl (C=O) groups is 1. The average molecular weight is 323 g/mol. The van der Waals surface area contributed by atoms with Gasteiger partial charge < -0.3 is 4.90 Å². The summed E-state index contributed by atoms with van der Waals surface area (Å²) in [6.07, 6.45) is 0. The van der Waals surface area contributed by atoms with Crippen LogP contribution in [-0.2, 0) is 0 Å². The molecule has 0 saturated carbocycles. The third-order valence-corrected chi connectivity index (χ3v) is 4.39. The summed E-state index contributed by atoms with van der Waals surface area (Å²) in [5, 5.41) is 0.772. The summed E-state index contributed by atoms with van der Waals surface area (Å²) in [7, 11) is 1.70. The predicted molar refractivity (Wildman–Crippen MR) is 71.4 cm³/mol. The molecule has 0 atom stereocenters. The number of amides is 1. The third-order valence-electron chi connectivity index (χ3n) is 2.70. The predicted octanol–water partition coefficient (Wildman–Crippen LogP) is 3.72. The summed E-state index contributed by atoms with van der Waals surface area (Å²) in [5.74, 6) is -0.673. The van der Waals surface area contributed by atoms with E-state index in [1.54, 1.807) is 11.9 Å². The van der Waals surface area contributed by atoms with Gasteiger partial charge in [-0.25, -0.2) is 4.39 Å². The Balaban J connectivity index is 3.05. The number of rotatable bonds is 3. The Labute approximate surface area is 114 Å². The molecule has 0 heterocycles. The van der Waals surface area contributed by atoms with Crippen LogP contribution in [0.3, 0.4) is 0 Å². The number of halogens is 3. The maximum absolute atomic E-state index is 12.9. The maximum Gasteiger partial charge on any atom is 0.255 e. The highest BCUT2D eigenvalue weighted by Gasteiger charge is 2.28. The number of benzene rings is 1. The van der Waals surface area contributed by atoms with Crippen molar-refractivity contribution in [3.8, 4) is 0 Å². The summed E-state index contributed by atoms with van der Waals surface area (Å²) < 4.78 is 12.9. The van der Waals surface area contributed by atoms with E-state index in [9.17, 15) is 9.18 Å². The molecular formula is C12H14BrClFNO. The molecule has 0 aliphatic carbocycles. The first-order valence-corrected chi connectivity index (χ1v) is 6.58. The topological polar surface area (TPSA) is 20.3 Å². The average Bonchev–Trinajstić information content (AvgIpc) is 2.27. The van der Waals surface area contributed by atoms with Crippen LogP contribution in [0.1, 0.15) is 24.2 Å². The summed E-state index contributed by atoms with van der Waals surface area (Å²) in [5.41, 5.74) is -0.0287. The molecule has 0 radical (unpaired) electrons. The first-order chi connectivity index (χ1) is 7.79. The van der Waals surface area contributed by atoms with E-state index in [2.05, 4.69) is 15.9 Å². The molecule has 0 spiro atoms. The Morgan fingerprint density at radius 2 is 2.12 bits per heavy atom. The standard InChI is InChI=1S/C12H14BrClFNO/c1-12(2,7-13)16(3)11(17)9-5-4-8(15)6-10(9)14/h4-6H,7H2,1-3H3. The summed E-state index contributed by atoms with van der Waals surface area (Å²) >= 11 is 9.22. The Morgan fingerprint density at radius 3 is 2.59 bits per heavy atom. The molecule has 0 N–H and O–H groups in total. The van der Waals surface area contributed by atoms with Crippen molar-refractivity contribution in [3.63, 3.8) is 0 Å². The van der Waals surface area contributed by atoms with Gasteiger partial charge in [-0.15, -0.1) is 0 Å². The number of hydrogen-bond acceptors (Lipinski definition) is 1. The van der Waals surface area contributed by atoms with Crippen molar-refractivity contribution in [1.82, 2.24) is 4.90 Å². The van der Waals surface area contributed by atoms with Crippen molar-refractivity contribution < 1.29 is 9.18 Å². The number of carbonyl (C=O) groups excluding carboxylic acids is 1. The number of nitrogens with zero attached hydrogens (tertiary/aromatic N) is 1. The molecule has 1 aromatic carbocycles. The molecule has 0 fully saturated rings. The van der Waals surface area contributed by atoms with Gasteiger partial charge in [-0.05, 0) is 32.0 Å². The highest BCUT2D eigenvalue weighted by atomic mass is 79.9. The molecule has 5 heteroatoms. The van der Waals surface area contributed by atoms with Gasteiger partial charge in [-0.3, -0.25) is 4.79 Å². The van der Waals surface area contributed by atoms with Gasteiger partial charge in [-0.1, -0.05) is 27.5 Å². The summed E-state index contributed by atoms with van der Waals surface area (Å²) in [6, 6.07) is 3.78. The summed E-state index contributed by atoms with van der Waals surface area (Å²) in [4.78, 5) is 13.8. The molecule has 0 bridgehead atoms. The minimum absolute atomic E-state index is 0.132. The van der Waals surface area contributed by atoms with E-state index < -0.39 is 5.82 Å². The summed E-state index contributed by atoms with van der Waals surface area (Å²) in [6.45, 7) is 3.86. The molecule has 0 saturated heterocycles. The van der Waals surface area contributed by atoms with Crippen molar-refractivity contribution in [2.75, 3.05) is 12.4 Å². The van der Waals surface area contributed by atoms with Gasteiger partial charge in [0.2, 0.25) is 0 Å². The van der Waals surface area contributed by atoms with Crippen molar-refractivity contribution in [2.24, 2.45) is 0 Å². The lowest BCUT2D eigenvalue weighted by Gasteiger charge is -2.34. The quantitative estimate of drug-likeness (QED) is 0.777. The Bertz CT molecular complexity index is 437. The highest BCUT2D eigenvalue weighted by Crippen LogP contribution is 2.23. The van der Waals surface area contributed by atoms with Gasteiger partial charge in [0, 0.05) is 17.9 Å². The molecule has 0 aliphatic heterocycles. The van der Waals surface area contributed by atoms with E-state index in [-0.39, 0.29) is 16.5 Å². The SMILES string of the molecule is CN(C(=O)c1ccc(F)cc1Cl)C(C)(C)CBr. The van der Waals surface area contributed by atoms with Crippen molar-refractivity contribution in [3.05, 3.63) is 34.6 Å². The molecule has 0 aromatic heterocycles. The molecule has 0 unspecified atom stereocenters. The van der Waals surface area contributed by atoms with Crippen LogP contribution in [0, 0.1) is 5.82 Å². The molecule has 2 nitrogen and oxygen atoms in total. The van der Waals surface area contributed by atoms with E-state index in [0.29, 0.717) is 10.9 Å². The minimum atomic E-state index is -0.450. The normalized spacial score (nSPS) is 11.4. The Morgan fingerprint density at radius 1 is 1.53 bits per heavy atom. The van der Waals surface area contributed by atoms with Crippen molar-refractivity contribution >= 4 is 33.4 Å². The van der Waals surface area contributed by atoms with Gasteiger partial charge in [-0.2, -0.15) is 0 Å². The van der Waals surface area contributed by atoms with E-state index in [1.807, 2.05) is 13.8 Å². The van der Waals surface area contributed by atoms with E-state index in [1.165, 1.54) is 12.1 Å². The lowest BCUT2D eigenvalue weighted by atomic mass is 10.0. The second-order valence-electron chi connectivity index (χ2n) is 4.43. The second-order valence-corrected chi connectivity index (χ2v) is 5.40. The Kier molecular flexibility index (Phi) is 4.55. The molecule has 1 rings (SSSR count). The number of hydrogen-bond donors (Lipinski definition) is 0. The molecule has 1 amide bonds. The first-order valence-electron chi connectivity index (χ1n) is 5.09. The van der Waals surface area contributed by atoms with Crippen molar-refractivity contribution in [2.45, 2.75) is 19.4 Å². The van der Waals surface area contributed by atoms with Crippen LogP contribution in [-0.4, -0.2) is 28.7 Å². The highest BCUT2D eigenvalue weighted by molar-refractivity contribution is 9.09. The van der Waals surface area contributed by atoms with Gasteiger partial charge in [0.1, 0.15) is 5.82 Å². The fourth-order valence-corrected chi connectivity index (χ4v) is 1.83. The van der Waals surface area contributed by atoms with Crippen LogP contribution in [0.2, 0.25) is 5.02 Å². The fourth-order valence-electron chi connectivity index (χ4n) is 1.21. The molecule has 17 heavy (non-hydrogen) atoms. The monoisotopic (exact) mass is 321 g/mol. The minimum Gasteiger partial charge on any atom is -0.336 e. The van der Waals surface area contributed by atoms with Crippen LogP contribution in [0.5, 0.6) is 0 Å². The molecule has 94 valence electrons. The van der Waals surface area contributed by atoms with Crippen LogP contribution < -0.4 is 0 Å². The zero-order chi connectivity index (χ0) is 13.2. The molecule has 1 aromatic rings. The molecular weight excluding hydrogens is 308 g/mol. The van der Waals surface area contributed by atoms with E-state index in [4.69, 9.17) is 11.6 Å². The van der Waals surface area contributed by atoms with Gasteiger partial charge in [0.15, 0.2) is 0 Å². The van der Waals surface area contributed by atoms with Crippen LogP contribution in [0.4, 0.5) is 4.39 Å². The zero-order valence-corrected chi connectivity index (χ0v) is 12.3. The van der Waals surface area contributed by atoms with Crippen molar-refractivity contribution in [1.29, 1.82) is 0 Å². The number of alkyl halides is 1. The lowest BCUT2D eigenvalue weighted by Crippen LogP contribution is -2.46. The lowest BCUT2D eigenvalue weighted by molar-refractivity contribution is 0.0664. The van der Waals surface area contributed by atoms with Gasteiger partial charge in [0.25, 0.3) is 5.91 Å².